The molecule has 6 heteroatoms. The Balaban J connectivity index is 1.31. The van der Waals surface area contributed by atoms with Gasteiger partial charge in [0.2, 0.25) is 5.91 Å². The molecule has 0 spiro atoms. The van der Waals surface area contributed by atoms with E-state index in [1.165, 1.54) is 0 Å². The first-order valence-corrected chi connectivity index (χ1v) is 11.6. The van der Waals surface area contributed by atoms with Crippen LogP contribution in [0.4, 0.5) is 5.69 Å². The van der Waals surface area contributed by atoms with Gasteiger partial charge >= 0.3 is 0 Å². The molecule has 1 aromatic heterocycles. The van der Waals surface area contributed by atoms with Gasteiger partial charge in [-0.15, -0.1) is 0 Å². The fourth-order valence-corrected chi connectivity index (χ4v) is 4.99. The highest BCUT2D eigenvalue weighted by Gasteiger charge is 2.38. The van der Waals surface area contributed by atoms with Crippen molar-refractivity contribution in [3.05, 3.63) is 95.8 Å². The average molecular weight is 441 g/mol. The first kappa shape index (κ1) is 21.3. The number of carbonyl (C=O) groups excluding carboxylic acids is 2. The van der Waals surface area contributed by atoms with Crippen LogP contribution in [-0.4, -0.2) is 46.9 Å². The third-order valence-electron chi connectivity index (χ3n) is 6.67. The van der Waals surface area contributed by atoms with E-state index in [1.807, 2.05) is 71.6 Å². The zero-order valence-electron chi connectivity index (χ0n) is 18.6. The first-order valence-electron chi connectivity index (χ1n) is 11.6. The maximum Gasteiger partial charge on any atom is 0.258 e. The monoisotopic (exact) mass is 440 g/mol. The molecular formula is C27H28N4O2. The van der Waals surface area contributed by atoms with E-state index in [0.717, 1.165) is 36.3 Å². The molecule has 2 aliphatic heterocycles. The van der Waals surface area contributed by atoms with Crippen LogP contribution in [-0.2, 0) is 17.8 Å². The van der Waals surface area contributed by atoms with Crippen LogP contribution in [0.25, 0.3) is 0 Å². The summed E-state index contributed by atoms with van der Waals surface area (Å²) in [7, 11) is 0. The fourth-order valence-electron chi connectivity index (χ4n) is 4.99. The molecule has 0 bridgehead atoms. The van der Waals surface area contributed by atoms with Gasteiger partial charge < -0.3 is 10.2 Å². The number of rotatable bonds is 5. The predicted octanol–water partition coefficient (Wildman–Crippen LogP) is 3.43. The molecule has 2 aromatic carbocycles. The maximum absolute atomic E-state index is 13.4. The molecule has 0 unspecified atom stereocenters. The highest BCUT2D eigenvalue weighted by molar-refractivity contribution is 6.06. The van der Waals surface area contributed by atoms with Gasteiger partial charge in [0, 0.05) is 54.9 Å². The summed E-state index contributed by atoms with van der Waals surface area (Å²) >= 11 is 0. The Morgan fingerprint density at radius 3 is 2.55 bits per heavy atom. The number of nitrogens with one attached hydrogen (secondary N) is 1. The number of amides is 2. The topological polar surface area (TPSA) is 65.5 Å². The highest BCUT2D eigenvalue weighted by Crippen LogP contribution is 2.35. The van der Waals surface area contributed by atoms with Gasteiger partial charge in [0.15, 0.2) is 0 Å². The molecule has 2 atom stereocenters. The summed E-state index contributed by atoms with van der Waals surface area (Å²) in [6.45, 7) is 2.04. The molecule has 1 N–H and O–H groups in total. The van der Waals surface area contributed by atoms with Crippen LogP contribution >= 0.6 is 0 Å². The van der Waals surface area contributed by atoms with Crippen LogP contribution in [0.15, 0.2) is 79.0 Å². The summed E-state index contributed by atoms with van der Waals surface area (Å²) in [6.07, 6.45) is 4.01. The van der Waals surface area contributed by atoms with Crippen LogP contribution in [0, 0.1) is 0 Å². The van der Waals surface area contributed by atoms with Crippen LogP contribution in [0.2, 0.25) is 0 Å². The van der Waals surface area contributed by atoms with E-state index < -0.39 is 0 Å². The van der Waals surface area contributed by atoms with Crippen LogP contribution in [0.5, 0.6) is 0 Å². The van der Waals surface area contributed by atoms with Crippen molar-refractivity contribution in [2.75, 3.05) is 18.0 Å². The minimum atomic E-state index is -0.00625. The minimum absolute atomic E-state index is 0.00625. The number of nitrogens with zero attached hydrogens (tertiary/aromatic N) is 3. The predicted molar refractivity (Wildman–Crippen MR) is 128 cm³/mol. The van der Waals surface area contributed by atoms with Crippen molar-refractivity contribution in [2.45, 2.75) is 37.9 Å². The van der Waals surface area contributed by atoms with E-state index in [-0.39, 0.29) is 23.9 Å². The van der Waals surface area contributed by atoms with Crippen LogP contribution < -0.4 is 10.2 Å². The van der Waals surface area contributed by atoms with E-state index in [4.69, 9.17) is 0 Å². The number of aromatic nitrogens is 1. The molecule has 2 amide bonds. The average Bonchev–Trinajstić information content (AvgIpc) is 3.15. The Morgan fingerprint density at radius 2 is 1.73 bits per heavy atom. The van der Waals surface area contributed by atoms with E-state index in [0.29, 0.717) is 25.1 Å². The molecule has 3 aromatic rings. The summed E-state index contributed by atoms with van der Waals surface area (Å²) in [5.41, 5.74) is 3.62. The highest BCUT2D eigenvalue weighted by atomic mass is 16.2. The Labute approximate surface area is 194 Å². The Bertz CT molecular complexity index is 1120. The number of fused-ring (bicyclic) bond motifs is 2. The maximum atomic E-state index is 13.4. The smallest absolute Gasteiger partial charge is 0.258 e. The lowest BCUT2D eigenvalue weighted by atomic mass is 10.1. The lowest BCUT2D eigenvalue weighted by Crippen LogP contribution is -2.46. The first-order chi connectivity index (χ1) is 16.2. The lowest BCUT2D eigenvalue weighted by Gasteiger charge is -2.29. The van der Waals surface area contributed by atoms with Crippen molar-refractivity contribution in [1.29, 1.82) is 0 Å². The fraction of sp³-hybridized carbons (Fsp3) is 0.296. The van der Waals surface area contributed by atoms with Gasteiger partial charge in [0.05, 0.1) is 6.42 Å². The number of benzene rings is 2. The van der Waals surface area contributed by atoms with Gasteiger partial charge in [-0.05, 0) is 48.7 Å². The third kappa shape index (κ3) is 4.66. The molecular weight excluding hydrogens is 412 g/mol. The SMILES string of the molecule is O=C(Cc1ccccn1)NC[C@H]1CC[C@H]2CN(C(=O)c3ccccc3)c3ccccc3CN12. The minimum Gasteiger partial charge on any atom is -0.354 e. The zero-order chi connectivity index (χ0) is 22.6. The largest absolute Gasteiger partial charge is 0.354 e. The molecule has 1 fully saturated rings. The van der Waals surface area contributed by atoms with Gasteiger partial charge in [-0.25, -0.2) is 0 Å². The molecule has 6 nitrogen and oxygen atoms in total. The summed E-state index contributed by atoms with van der Waals surface area (Å²) in [5, 5.41) is 3.11. The van der Waals surface area contributed by atoms with Gasteiger partial charge in [-0.2, -0.15) is 0 Å². The number of hydrogen-bond acceptors (Lipinski definition) is 4. The van der Waals surface area contributed by atoms with Gasteiger partial charge in [-0.1, -0.05) is 42.5 Å². The van der Waals surface area contributed by atoms with Crippen molar-refractivity contribution >= 4 is 17.5 Å². The van der Waals surface area contributed by atoms with E-state index in [1.54, 1.807) is 6.20 Å². The molecule has 0 radical (unpaired) electrons. The second kappa shape index (κ2) is 9.55. The zero-order valence-corrected chi connectivity index (χ0v) is 18.6. The standard InChI is InChI=1S/C27H28N4O2/c32-26(16-22-11-6-7-15-28-22)29-17-23-13-14-24-19-31(27(33)20-8-2-1-3-9-20)25-12-5-4-10-21(25)18-30(23)24/h1-12,15,23-24H,13-14,16-19H2,(H,29,32)/t23-,24+/m1/s1. The Morgan fingerprint density at radius 1 is 0.939 bits per heavy atom. The van der Waals surface area contributed by atoms with E-state index >= 15 is 0 Å². The summed E-state index contributed by atoms with van der Waals surface area (Å²) in [6, 6.07) is 23.8. The number of anilines is 1. The van der Waals surface area contributed by atoms with Crippen molar-refractivity contribution in [3.8, 4) is 0 Å². The van der Waals surface area contributed by atoms with E-state index in [2.05, 4.69) is 21.3 Å². The van der Waals surface area contributed by atoms with Crippen LogP contribution in [0.1, 0.15) is 34.5 Å². The van der Waals surface area contributed by atoms with Crippen molar-refractivity contribution in [2.24, 2.45) is 0 Å². The molecule has 3 heterocycles. The normalized spacial score (nSPS) is 19.9. The Kier molecular flexibility index (Phi) is 6.17. The number of carbonyl (C=O) groups is 2. The Hall–Kier alpha value is -3.51. The second-order valence-electron chi connectivity index (χ2n) is 8.77. The molecule has 168 valence electrons. The molecule has 0 saturated carbocycles. The van der Waals surface area contributed by atoms with Crippen molar-refractivity contribution < 1.29 is 9.59 Å². The number of hydrogen-bond donors (Lipinski definition) is 1. The molecule has 33 heavy (non-hydrogen) atoms. The molecule has 1 saturated heterocycles. The summed E-state index contributed by atoms with van der Waals surface area (Å²) in [4.78, 5) is 34.5. The second-order valence-corrected chi connectivity index (χ2v) is 8.77. The molecule has 5 rings (SSSR count). The summed E-state index contributed by atoms with van der Waals surface area (Å²) < 4.78 is 0. The van der Waals surface area contributed by atoms with E-state index in [9.17, 15) is 9.59 Å². The van der Waals surface area contributed by atoms with Crippen molar-refractivity contribution in [3.63, 3.8) is 0 Å². The molecule has 0 aliphatic carbocycles. The quantitative estimate of drug-likeness (QED) is 0.660. The lowest BCUT2D eigenvalue weighted by molar-refractivity contribution is -0.120. The van der Waals surface area contributed by atoms with Gasteiger partial charge in [0.25, 0.3) is 5.91 Å². The van der Waals surface area contributed by atoms with Crippen molar-refractivity contribution in [1.82, 2.24) is 15.2 Å². The molecule has 2 aliphatic rings. The third-order valence-corrected chi connectivity index (χ3v) is 6.67. The van der Waals surface area contributed by atoms with Gasteiger partial charge in [0.1, 0.15) is 0 Å². The number of para-hydroxylation sites is 1. The van der Waals surface area contributed by atoms with Gasteiger partial charge in [-0.3, -0.25) is 19.5 Å². The summed E-state index contributed by atoms with van der Waals surface area (Å²) in [5.74, 6) is 0.0327. The van der Waals surface area contributed by atoms with Crippen LogP contribution in [0.3, 0.4) is 0 Å². The number of pyridine rings is 1.